The molecule has 1 saturated carbocycles. The van der Waals surface area contributed by atoms with Gasteiger partial charge >= 0.3 is 0 Å². The lowest BCUT2D eigenvalue weighted by Crippen LogP contribution is -2.47. The van der Waals surface area contributed by atoms with Gasteiger partial charge in [-0.15, -0.1) is 0 Å². The van der Waals surface area contributed by atoms with E-state index in [-0.39, 0.29) is 5.54 Å². The van der Waals surface area contributed by atoms with Crippen molar-refractivity contribution in [2.75, 3.05) is 41.3 Å². The first-order valence-corrected chi connectivity index (χ1v) is 11.6. The molecule has 1 saturated heterocycles. The number of aromatic nitrogens is 3. The molecule has 3 aliphatic heterocycles. The lowest BCUT2D eigenvalue weighted by atomic mass is 9.79. The summed E-state index contributed by atoms with van der Waals surface area (Å²) in [6, 6.07) is 4.14. The van der Waals surface area contributed by atoms with Gasteiger partial charge in [0.1, 0.15) is 11.6 Å². The molecule has 7 heteroatoms. The maximum atomic E-state index is 4.97. The van der Waals surface area contributed by atoms with Gasteiger partial charge in [0.05, 0.1) is 17.4 Å². The minimum atomic E-state index is 0.196. The van der Waals surface area contributed by atoms with Gasteiger partial charge in [0.15, 0.2) is 0 Å². The Kier molecular flexibility index (Phi) is 4.64. The summed E-state index contributed by atoms with van der Waals surface area (Å²) < 4.78 is 0. The molecule has 31 heavy (non-hydrogen) atoms. The molecule has 2 aromatic rings. The molecule has 2 fully saturated rings. The van der Waals surface area contributed by atoms with E-state index in [1.54, 1.807) is 0 Å². The third-order valence-electron chi connectivity index (χ3n) is 7.12. The zero-order valence-electron chi connectivity index (χ0n) is 17.8. The van der Waals surface area contributed by atoms with Gasteiger partial charge in [-0.05, 0) is 43.5 Å². The number of fused-ring (bicyclic) bond motifs is 4. The molecule has 0 atom stereocenters. The van der Waals surface area contributed by atoms with Crippen LogP contribution in [0.1, 0.15) is 44.1 Å². The quantitative estimate of drug-likeness (QED) is 0.789. The predicted octanol–water partition coefficient (Wildman–Crippen LogP) is 3.85. The van der Waals surface area contributed by atoms with Gasteiger partial charge in [-0.25, -0.2) is 9.97 Å². The van der Waals surface area contributed by atoms with E-state index in [0.29, 0.717) is 5.95 Å². The SMILES string of the molecule is C1=Cc2cnc(Nc3ccc(N4CCNCC4)cn3)nc2N2C1=CCC21CCCCC1. The zero-order valence-corrected chi connectivity index (χ0v) is 17.8. The maximum absolute atomic E-state index is 4.97. The third-order valence-corrected chi connectivity index (χ3v) is 7.12. The summed E-state index contributed by atoms with van der Waals surface area (Å²) in [5.41, 5.74) is 3.74. The van der Waals surface area contributed by atoms with Crippen LogP contribution in [0.5, 0.6) is 0 Å². The summed E-state index contributed by atoms with van der Waals surface area (Å²) in [7, 11) is 0. The fraction of sp³-hybridized carbons (Fsp3) is 0.458. The smallest absolute Gasteiger partial charge is 0.230 e. The number of anilines is 4. The van der Waals surface area contributed by atoms with Crippen molar-refractivity contribution in [2.24, 2.45) is 0 Å². The molecule has 2 N–H and O–H groups in total. The average molecular weight is 416 g/mol. The van der Waals surface area contributed by atoms with E-state index in [2.05, 4.69) is 54.7 Å². The van der Waals surface area contributed by atoms with Crippen molar-refractivity contribution < 1.29 is 0 Å². The van der Waals surface area contributed by atoms with Crippen molar-refractivity contribution in [3.63, 3.8) is 0 Å². The first-order chi connectivity index (χ1) is 15.3. The van der Waals surface area contributed by atoms with Crippen molar-refractivity contribution in [3.8, 4) is 0 Å². The second-order valence-electron chi connectivity index (χ2n) is 9.02. The van der Waals surface area contributed by atoms with Gasteiger partial charge in [-0.1, -0.05) is 25.3 Å². The summed E-state index contributed by atoms with van der Waals surface area (Å²) in [5, 5.41) is 6.71. The van der Waals surface area contributed by atoms with Gasteiger partial charge in [-0.3, -0.25) is 0 Å². The number of piperazine rings is 1. The molecule has 7 nitrogen and oxygen atoms in total. The summed E-state index contributed by atoms with van der Waals surface area (Å²) in [5.74, 6) is 2.41. The number of nitrogens with zero attached hydrogens (tertiary/aromatic N) is 5. The predicted molar refractivity (Wildman–Crippen MR) is 125 cm³/mol. The highest BCUT2D eigenvalue weighted by Gasteiger charge is 2.44. The van der Waals surface area contributed by atoms with Gasteiger partial charge in [0.2, 0.25) is 5.95 Å². The third kappa shape index (κ3) is 3.37. The minimum absolute atomic E-state index is 0.196. The molecule has 1 aliphatic carbocycles. The Morgan fingerprint density at radius 1 is 0.968 bits per heavy atom. The zero-order chi connectivity index (χ0) is 20.7. The van der Waals surface area contributed by atoms with Crippen molar-refractivity contribution >= 4 is 29.3 Å². The van der Waals surface area contributed by atoms with E-state index in [0.717, 1.165) is 55.5 Å². The number of allylic oxidation sites excluding steroid dienone is 1. The number of pyridine rings is 1. The lowest BCUT2D eigenvalue weighted by Gasteiger charge is -2.44. The Bertz CT molecular complexity index is 1010. The Morgan fingerprint density at radius 2 is 1.84 bits per heavy atom. The van der Waals surface area contributed by atoms with E-state index in [9.17, 15) is 0 Å². The molecule has 4 aliphatic rings. The van der Waals surface area contributed by atoms with Crippen molar-refractivity contribution in [3.05, 3.63) is 47.9 Å². The van der Waals surface area contributed by atoms with Crippen LogP contribution in [0, 0.1) is 0 Å². The Morgan fingerprint density at radius 3 is 2.65 bits per heavy atom. The molecule has 0 amide bonds. The van der Waals surface area contributed by atoms with Crippen LogP contribution in [0.15, 0.2) is 42.4 Å². The van der Waals surface area contributed by atoms with Crippen LogP contribution >= 0.6 is 0 Å². The largest absolute Gasteiger partial charge is 0.368 e. The molecular weight excluding hydrogens is 386 g/mol. The fourth-order valence-corrected chi connectivity index (χ4v) is 5.48. The Hall–Kier alpha value is -2.93. The van der Waals surface area contributed by atoms with Crippen LogP contribution in [0.2, 0.25) is 0 Å². The van der Waals surface area contributed by atoms with Crippen molar-refractivity contribution in [1.29, 1.82) is 0 Å². The van der Waals surface area contributed by atoms with E-state index >= 15 is 0 Å². The standard InChI is InChI=1S/C24H29N7/c1-2-9-24(10-3-1)11-8-19-5-4-18-16-27-23(29-22(18)31(19)24)28-21-7-6-20(17-26-21)30-14-12-25-13-15-30/h4-8,16-17,25H,1-3,9-15H2,(H,26,27,28,29). The summed E-state index contributed by atoms with van der Waals surface area (Å²) in [4.78, 5) is 19.0. The first kappa shape index (κ1) is 18.8. The lowest BCUT2D eigenvalue weighted by molar-refractivity contribution is 0.301. The van der Waals surface area contributed by atoms with Crippen LogP contribution in [0.3, 0.4) is 0 Å². The summed E-state index contributed by atoms with van der Waals surface area (Å²) in [6.07, 6.45) is 18.2. The fourth-order valence-electron chi connectivity index (χ4n) is 5.48. The molecule has 0 aromatic carbocycles. The number of hydrogen-bond acceptors (Lipinski definition) is 7. The van der Waals surface area contributed by atoms with Crippen LogP contribution in [-0.4, -0.2) is 46.7 Å². The van der Waals surface area contributed by atoms with Gasteiger partial charge in [0, 0.05) is 43.6 Å². The minimum Gasteiger partial charge on any atom is -0.368 e. The van der Waals surface area contributed by atoms with E-state index in [1.165, 1.54) is 37.8 Å². The summed E-state index contributed by atoms with van der Waals surface area (Å²) in [6.45, 7) is 4.07. The van der Waals surface area contributed by atoms with Gasteiger partial charge in [-0.2, -0.15) is 4.98 Å². The molecule has 2 aromatic heterocycles. The highest BCUT2D eigenvalue weighted by Crippen LogP contribution is 2.48. The summed E-state index contributed by atoms with van der Waals surface area (Å²) >= 11 is 0. The number of nitrogens with one attached hydrogen (secondary N) is 2. The molecule has 160 valence electrons. The van der Waals surface area contributed by atoms with Crippen LogP contribution in [-0.2, 0) is 0 Å². The molecule has 6 rings (SSSR count). The van der Waals surface area contributed by atoms with Crippen LogP contribution < -0.4 is 20.4 Å². The van der Waals surface area contributed by atoms with Crippen molar-refractivity contribution in [2.45, 2.75) is 44.1 Å². The molecule has 1 spiro atoms. The maximum Gasteiger partial charge on any atom is 0.230 e. The van der Waals surface area contributed by atoms with Gasteiger partial charge < -0.3 is 20.4 Å². The van der Waals surface area contributed by atoms with Crippen LogP contribution in [0.25, 0.3) is 6.08 Å². The second-order valence-corrected chi connectivity index (χ2v) is 9.02. The van der Waals surface area contributed by atoms with E-state index in [4.69, 9.17) is 4.98 Å². The molecular formula is C24H29N7. The molecule has 0 unspecified atom stereocenters. The van der Waals surface area contributed by atoms with Crippen molar-refractivity contribution in [1.82, 2.24) is 20.3 Å². The molecule has 5 heterocycles. The van der Waals surface area contributed by atoms with Crippen LogP contribution in [0.4, 0.5) is 23.3 Å². The monoisotopic (exact) mass is 415 g/mol. The topological polar surface area (TPSA) is 69.2 Å². The Labute approximate surface area is 183 Å². The number of rotatable bonds is 3. The molecule has 0 bridgehead atoms. The highest BCUT2D eigenvalue weighted by atomic mass is 15.3. The normalized spacial score (nSPS) is 21.6. The number of hydrogen-bond donors (Lipinski definition) is 2. The highest BCUT2D eigenvalue weighted by molar-refractivity contribution is 5.76. The van der Waals surface area contributed by atoms with E-state index in [1.807, 2.05) is 18.5 Å². The van der Waals surface area contributed by atoms with Gasteiger partial charge in [0.25, 0.3) is 0 Å². The van der Waals surface area contributed by atoms with E-state index < -0.39 is 0 Å². The second kappa shape index (κ2) is 7.64. The average Bonchev–Trinajstić information content (AvgIpc) is 3.19. The Balaban J connectivity index is 1.25. The molecule has 0 radical (unpaired) electrons. The first-order valence-electron chi connectivity index (χ1n) is 11.6.